The summed E-state index contributed by atoms with van der Waals surface area (Å²) in [4.78, 5) is 15.9. The first-order valence-electron chi connectivity index (χ1n) is 6.05. The van der Waals surface area contributed by atoms with Gasteiger partial charge in [-0.15, -0.1) is 0 Å². The van der Waals surface area contributed by atoms with Gasteiger partial charge in [0.2, 0.25) is 5.88 Å². The zero-order valence-electron chi connectivity index (χ0n) is 10.8. The number of hydrogen-bond acceptors (Lipinski definition) is 4. The highest BCUT2D eigenvalue weighted by Gasteiger charge is 2.12. The highest BCUT2D eigenvalue weighted by Crippen LogP contribution is 2.14. The highest BCUT2D eigenvalue weighted by molar-refractivity contribution is 6.02. The molecule has 0 aliphatic rings. The van der Waals surface area contributed by atoms with Crippen molar-refractivity contribution in [3.63, 3.8) is 0 Å². The Bertz CT molecular complexity index is 730. The van der Waals surface area contributed by atoms with E-state index in [1.807, 2.05) is 13.1 Å². The van der Waals surface area contributed by atoms with E-state index in [0.717, 1.165) is 5.56 Å². The fourth-order valence-corrected chi connectivity index (χ4v) is 1.74. The zero-order valence-corrected chi connectivity index (χ0v) is 10.8. The van der Waals surface area contributed by atoms with E-state index in [1.165, 1.54) is 0 Å². The molecule has 3 aromatic rings. The molecular weight excluding hydrogens is 256 g/mol. The lowest BCUT2D eigenvalue weighted by atomic mass is 10.4. The predicted octanol–water partition coefficient (Wildman–Crippen LogP) is 2.42. The van der Waals surface area contributed by atoms with E-state index in [1.54, 1.807) is 47.5 Å². The van der Waals surface area contributed by atoms with Crippen molar-refractivity contribution in [2.45, 2.75) is 6.92 Å². The van der Waals surface area contributed by atoms with Crippen molar-refractivity contribution in [2.75, 3.05) is 5.32 Å². The van der Waals surface area contributed by atoms with Crippen molar-refractivity contribution in [2.24, 2.45) is 0 Å². The first-order valence-corrected chi connectivity index (χ1v) is 6.05. The van der Waals surface area contributed by atoms with E-state index in [4.69, 9.17) is 4.42 Å². The molecule has 0 atom stereocenters. The fourth-order valence-electron chi connectivity index (χ4n) is 1.74. The molecule has 0 spiro atoms. The third-order valence-corrected chi connectivity index (χ3v) is 2.67. The number of carbonyl (C=O) groups is 1. The Morgan fingerprint density at radius 2 is 2.20 bits per heavy atom. The van der Waals surface area contributed by atoms with Crippen LogP contribution in [-0.2, 0) is 0 Å². The molecular formula is C14H12N4O2. The summed E-state index contributed by atoms with van der Waals surface area (Å²) in [5.74, 6) is 0.388. The van der Waals surface area contributed by atoms with Gasteiger partial charge in [-0.1, -0.05) is 0 Å². The van der Waals surface area contributed by atoms with Crippen LogP contribution in [0.1, 0.15) is 16.1 Å². The second-order valence-corrected chi connectivity index (χ2v) is 4.30. The van der Waals surface area contributed by atoms with E-state index in [0.29, 0.717) is 11.6 Å². The van der Waals surface area contributed by atoms with E-state index < -0.39 is 0 Å². The molecule has 0 aromatic carbocycles. The van der Waals surface area contributed by atoms with Crippen molar-refractivity contribution in [1.82, 2.24) is 14.8 Å². The summed E-state index contributed by atoms with van der Waals surface area (Å²) in [5.41, 5.74) is 1.63. The second kappa shape index (κ2) is 5.00. The number of aromatic nitrogens is 3. The van der Waals surface area contributed by atoms with Gasteiger partial charge in [0.1, 0.15) is 0 Å². The van der Waals surface area contributed by atoms with Crippen LogP contribution in [0.3, 0.4) is 0 Å². The average Bonchev–Trinajstić information content (AvgIpc) is 3.08. The van der Waals surface area contributed by atoms with Crippen LogP contribution in [0.5, 0.6) is 0 Å². The molecule has 3 heterocycles. The molecule has 1 N–H and O–H groups in total. The predicted molar refractivity (Wildman–Crippen MR) is 72.8 cm³/mol. The van der Waals surface area contributed by atoms with Gasteiger partial charge in [0.15, 0.2) is 5.76 Å². The van der Waals surface area contributed by atoms with Gasteiger partial charge in [-0.05, 0) is 30.7 Å². The molecule has 0 aliphatic heterocycles. The van der Waals surface area contributed by atoms with Gasteiger partial charge in [-0.3, -0.25) is 9.78 Å². The summed E-state index contributed by atoms with van der Waals surface area (Å²) in [6.45, 7) is 1.93. The third-order valence-electron chi connectivity index (χ3n) is 2.67. The quantitative estimate of drug-likeness (QED) is 0.791. The van der Waals surface area contributed by atoms with Crippen LogP contribution in [0.4, 0.5) is 5.69 Å². The van der Waals surface area contributed by atoms with E-state index >= 15 is 0 Å². The van der Waals surface area contributed by atoms with Crippen LogP contribution < -0.4 is 5.32 Å². The van der Waals surface area contributed by atoms with Gasteiger partial charge in [-0.25, -0.2) is 4.68 Å². The van der Waals surface area contributed by atoms with Crippen molar-refractivity contribution in [1.29, 1.82) is 0 Å². The number of hydrogen-bond donors (Lipinski definition) is 1. The summed E-state index contributed by atoms with van der Waals surface area (Å²) in [6, 6.07) is 6.81. The number of pyridine rings is 1. The minimum absolute atomic E-state index is 0.219. The molecule has 0 saturated carbocycles. The third kappa shape index (κ3) is 2.44. The van der Waals surface area contributed by atoms with Crippen LogP contribution in [0.25, 0.3) is 5.88 Å². The molecule has 0 saturated heterocycles. The zero-order chi connectivity index (χ0) is 13.9. The lowest BCUT2D eigenvalue weighted by molar-refractivity contribution is 0.0996. The van der Waals surface area contributed by atoms with Crippen LogP contribution >= 0.6 is 0 Å². The molecule has 1 amide bonds. The molecule has 0 fully saturated rings. The standard InChI is InChI=1S/C14H12N4O2/c1-10-7-16-18(9-10)13-5-4-12(20-13)14(19)17-11-3-2-6-15-8-11/h2-9H,1H3,(H,17,19). The maximum atomic E-state index is 12.0. The van der Waals surface area contributed by atoms with E-state index in [2.05, 4.69) is 15.4 Å². The number of nitrogens with zero attached hydrogens (tertiary/aromatic N) is 3. The van der Waals surface area contributed by atoms with Gasteiger partial charge in [0.25, 0.3) is 5.91 Å². The average molecular weight is 268 g/mol. The summed E-state index contributed by atoms with van der Waals surface area (Å²) in [6.07, 6.45) is 6.75. The van der Waals surface area contributed by atoms with Crippen LogP contribution in [-0.4, -0.2) is 20.7 Å². The number of rotatable bonds is 3. The van der Waals surface area contributed by atoms with Gasteiger partial charge < -0.3 is 9.73 Å². The van der Waals surface area contributed by atoms with Gasteiger partial charge in [0.05, 0.1) is 18.1 Å². The van der Waals surface area contributed by atoms with Crippen molar-refractivity contribution >= 4 is 11.6 Å². The van der Waals surface area contributed by atoms with Crippen LogP contribution in [0.15, 0.2) is 53.5 Å². The number of nitrogens with one attached hydrogen (secondary N) is 1. The Morgan fingerprint density at radius 3 is 2.90 bits per heavy atom. The van der Waals surface area contributed by atoms with Gasteiger partial charge >= 0.3 is 0 Å². The maximum Gasteiger partial charge on any atom is 0.291 e. The van der Waals surface area contributed by atoms with Crippen LogP contribution in [0.2, 0.25) is 0 Å². The number of furan rings is 1. The highest BCUT2D eigenvalue weighted by atomic mass is 16.4. The molecule has 3 rings (SSSR count). The molecule has 0 unspecified atom stereocenters. The van der Waals surface area contributed by atoms with E-state index in [9.17, 15) is 4.79 Å². The molecule has 6 nitrogen and oxygen atoms in total. The van der Waals surface area contributed by atoms with Crippen molar-refractivity contribution in [3.05, 3.63) is 60.4 Å². The number of carbonyl (C=O) groups excluding carboxylic acids is 1. The fraction of sp³-hybridized carbons (Fsp3) is 0.0714. The molecule has 100 valence electrons. The number of aryl methyl sites for hydroxylation is 1. The monoisotopic (exact) mass is 268 g/mol. The first kappa shape index (κ1) is 12.2. The summed E-state index contributed by atoms with van der Waals surface area (Å²) in [5, 5.41) is 6.83. The Kier molecular flexibility index (Phi) is 3.04. The molecule has 20 heavy (non-hydrogen) atoms. The minimum atomic E-state index is -0.326. The smallest absolute Gasteiger partial charge is 0.291 e. The number of amides is 1. The Morgan fingerprint density at radius 1 is 1.30 bits per heavy atom. The SMILES string of the molecule is Cc1cnn(-c2ccc(C(=O)Nc3cccnc3)o2)c1. The topological polar surface area (TPSA) is 73.0 Å². The Labute approximate surface area is 115 Å². The van der Waals surface area contributed by atoms with Crippen LogP contribution in [0, 0.1) is 6.92 Å². The molecule has 0 aliphatic carbocycles. The molecule has 0 bridgehead atoms. The maximum absolute atomic E-state index is 12.0. The van der Waals surface area contributed by atoms with Crippen molar-refractivity contribution < 1.29 is 9.21 Å². The lowest BCUT2D eigenvalue weighted by Crippen LogP contribution is -2.10. The summed E-state index contributed by atoms with van der Waals surface area (Å²) >= 11 is 0. The van der Waals surface area contributed by atoms with Crippen molar-refractivity contribution in [3.8, 4) is 5.88 Å². The van der Waals surface area contributed by atoms with E-state index in [-0.39, 0.29) is 11.7 Å². The molecule has 6 heteroatoms. The number of anilines is 1. The largest absolute Gasteiger partial charge is 0.433 e. The molecule has 3 aromatic heterocycles. The second-order valence-electron chi connectivity index (χ2n) is 4.30. The minimum Gasteiger partial charge on any atom is -0.433 e. The van der Waals surface area contributed by atoms with Gasteiger partial charge in [-0.2, -0.15) is 5.10 Å². The normalized spacial score (nSPS) is 10.4. The summed E-state index contributed by atoms with van der Waals surface area (Å²) in [7, 11) is 0. The first-order chi connectivity index (χ1) is 9.72. The summed E-state index contributed by atoms with van der Waals surface area (Å²) < 4.78 is 7.06. The Hall–Kier alpha value is -2.89. The van der Waals surface area contributed by atoms with Gasteiger partial charge in [0, 0.05) is 18.5 Å². The lowest BCUT2D eigenvalue weighted by Gasteiger charge is -2.01. The Balaban J connectivity index is 1.78. The molecule has 0 radical (unpaired) electrons.